The number of aromatic nitrogens is 1. The number of aliphatic hydroxyl groups is 1. The predicted octanol–water partition coefficient (Wildman–Crippen LogP) is 3.72. The summed E-state index contributed by atoms with van der Waals surface area (Å²) in [6.07, 6.45) is 3.12. The lowest BCUT2D eigenvalue weighted by atomic mass is 9.88. The Balaban J connectivity index is 1.81. The van der Waals surface area contributed by atoms with Crippen molar-refractivity contribution in [2.24, 2.45) is 11.8 Å². The monoisotopic (exact) mass is 772 g/mol. The van der Waals surface area contributed by atoms with Crippen LogP contribution in [0.5, 0.6) is 0 Å². The Kier molecular flexibility index (Phi) is 16.6. The number of likely N-dealkylation sites (N-methyl/N-ethyl adjacent to an activating group) is 2. The number of rotatable bonds is 20. The molecule has 0 saturated carbocycles. The van der Waals surface area contributed by atoms with E-state index in [0.29, 0.717) is 25.8 Å². The maximum Gasteiger partial charge on any atom is 0.248 e. The topological polar surface area (TPSA) is 162 Å². The van der Waals surface area contributed by atoms with Crippen molar-refractivity contribution >= 4 is 35.0 Å². The number of ether oxygens (including phenoxy) is 2. The van der Waals surface area contributed by atoms with Crippen LogP contribution in [0.4, 0.5) is 0 Å². The molecule has 3 rings (SSSR count). The highest BCUT2D eigenvalue weighted by atomic mass is 32.1. The van der Waals surface area contributed by atoms with Crippen LogP contribution < -0.4 is 16.0 Å². The normalized spacial score (nSPS) is 18.9. The van der Waals surface area contributed by atoms with Gasteiger partial charge in [0, 0.05) is 39.4 Å². The van der Waals surface area contributed by atoms with Crippen LogP contribution in [0.2, 0.25) is 0 Å². The van der Waals surface area contributed by atoms with E-state index in [1.807, 2.05) is 56.5 Å². The Morgan fingerprint density at radius 3 is 2.28 bits per heavy atom. The van der Waals surface area contributed by atoms with Crippen LogP contribution in [-0.4, -0.2) is 120 Å². The largest absolute Gasteiger partial charge is 0.388 e. The number of methoxy groups -OCH3 is 2. The van der Waals surface area contributed by atoms with Crippen molar-refractivity contribution in [1.29, 1.82) is 0 Å². The first-order chi connectivity index (χ1) is 25.4. The molecule has 8 atom stereocenters. The quantitative estimate of drug-likeness (QED) is 0.157. The van der Waals surface area contributed by atoms with Crippen molar-refractivity contribution < 1.29 is 33.8 Å². The van der Waals surface area contributed by atoms with Crippen LogP contribution in [0.1, 0.15) is 90.8 Å². The minimum Gasteiger partial charge on any atom is -0.388 e. The van der Waals surface area contributed by atoms with Gasteiger partial charge in [-0.25, -0.2) is 4.98 Å². The molecule has 302 valence electrons. The first-order valence-electron chi connectivity index (χ1n) is 19.0. The Morgan fingerprint density at radius 2 is 1.74 bits per heavy atom. The van der Waals surface area contributed by atoms with Gasteiger partial charge in [0.2, 0.25) is 23.6 Å². The molecule has 1 saturated heterocycles. The molecule has 1 aliphatic rings. The predicted molar refractivity (Wildman–Crippen MR) is 211 cm³/mol. The highest BCUT2D eigenvalue weighted by Crippen LogP contribution is 2.31. The van der Waals surface area contributed by atoms with Gasteiger partial charge in [-0.15, -0.1) is 11.3 Å². The van der Waals surface area contributed by atoms with Crippen molar-refractivity contribution in [1.82, 2.24) is 30.7 Å². The molecule has 0 bridgehead atoms. The summed E-state index contributed by atoms with van der Waals surface area (Å²) >= 11 is 1.49. The standard InChI is InChI=1S/C40H64N6O7S/c1-12-25(2)32(45(9)37(49)34(40(6,7)51)44-38(50)39(4,5)41-8)30(52-10)24-31(47)46-21-16-19-29(46)33(53-11)26(3)35(48)43-28(36-42-20-22-54-36)23-27-17-14-13-15-18-27/h13-15,17-18,20,22,25-26,28-30,32-34,41,51H,12,16,19,21,23-24H2,1-11H3,(H,43,48)(H,44,50). The van der Waals surface area contributed by atoms with Crippen LogP contribution in [0.15, 0.2) is 41.9 Å². The first kappa shape index (κ1) is 45.0. The third-order valence-corrected chi connectivity index (χ3v) is 11.9. The van der Waals surface area contributed by atoms with Crippen LogP contribution in [0.25, 0.3) is 0 Å². The van der Waals surface area contributed by atoms with Crippen molar-refractivity contribution in [2.75, 3.05) is 34.9 Å². The molecule has 0 spiro atoms. The number of amides is 4. The lowest BCUT2D eigenvalue weighted by Gasteiger charge is -2.42. The van der Waals surface area contributed by atoms with E-state index in [0.717, 1.165) is 17.0 Å². The zero-order chi connectivity index (χ0) is 40.4. The van der Waals surface area contributed by atoms with Gasteiger partial charge in [-0.2, -0.15) is 0 Å². The fourth-order valence-corrected chi connectivity index (χ4v) is 7.92. The van der Waals surface area contributed by atoms with E-state index >= 15 is 0 Å². The van der Waals surface area contributed by atoms with Crippen molar-refractivity contribution in [3.05, 3.63) is 52.5 Å². The SMILES string of the molecule is CCC(C)C(C(CC(=O)N1CCCC1C(OC)C(C)C(=O)NC(Cc1ccccc1)c1nccs1)OC)N(C)C(=O)C(NC(=O)C(C)(C)NC)C(C)(C)O. The average molecular weight is 773 g/mol. The summed E-state index contributed by atoms with van der Waals surface area (Å²) in [5.74, 6) is -1.97. The summed E-state index contributed by atoms with van der Waals surface area (Å²) in [6, 6.07) is 7.46. The van der Waals surface area contributed by atoms with Gasteiger partial charge < -0.3 is 40.3 Å². The summed E-state index contributed by atoms with van der Waals surface area (Å²) in [5, 5.41) is 22.7. The smallest absolute Gasteiger partial charge is 0.248 e. The molecule has 54 heavy (non-hydrogen) atoms. The fraction of sp³-hybridized carbons (Fsp3) is 0.675. The summed E-state index contributed by atoms with van der Waals surface area (Å²) < 4.78 is 12.0. The fourth-order valence-electron chi connectivity index (χ4n) is 7.23. The minimum atomic E-state index is -1.59. The van der Waals surface area contributed by atoms with E-state index in [1.54, 1.807) is 46.1 Å². The average Bonchev–Trinajstić information content (AvgIpc) is 3.86. The molecule has 1 fully saturated rings. The number of benzene rings is 1. The molecule has 0 radical (unpaired) electrons. The molecular weight excluding hydrogens is 709 g/mol. The number of nitrogens with one attached hydrogen (secondary N) is 3. The molecule has 8 unspecified atom stereocenters. The van der Waals surface area contributed by atoms with Crippen LogP contribution in [-0.2, 0) is 35.1 Å². The number of thiazole rings is 1. The summed E-state index contributed by atoms with van der Waals surface area (Å²) in [4.78, 5) is 63.2. The molecule has 1 aromatic heterocycles. The van der Waals surface area contributed by atoms with Crippen LogP contribution in [0.3, 0.4) is 0 Å². The van der Waals surface area contributed by atoms with Gasteiger partial charge >= 0.3 is 0 Å². The maximum atomic E-state index is 14.2. The lowest BCUT2D eigenvalue weighted by Crippen LogP contribution is -2.65. The van der Waals surface area contributed by atoms with Crippen LogP contribution in [0, 0.1) is 11.8 Å². The number of hydrogen-bond donors (Lipinski definition) is 4. The molecule has 4 N–H and O–H groups in total. The highest BCUT2D eigenvalue weighted by molar-refractivity contribution is 7.09. The van der Waals surface area contributed by atoms with E-state index < -0.39 is 53.2 Å². The number of hydrogen-bond acceptors (Lipinski definition) is 10. The van der Waals surface area contributed by atoms with Crippen molar-refractivity contribution in [2.45, 2.75) is 128 Å². The second kappa shape index (κ2) is 19.9. The summed E-state index contributed by atoms with van der Waals surface area (Å²) in [7, 11) is 6.37. The van der Waals surface area contributed by atoms with Gasteiger partial charge in [0.25, 0.3) is 0 Å². The highest BCUT2D eigenvalue weighted by Gasteiger charge is 2.45. The Labute approximate surface area is 325 Å². The molecule has 14 heteroatoms. The molecule has 1 aromatic carbocycles. The third kappa shape index (κ3) is 11.3. The van der Waals surface area contributed by atoms with Crippen molar-refractivity contribution in [3.63, 3.8) is 0 Å². The number of likely N-dealkylation sites (tertiary alicyclic amines) is 1. The van der Waals surface area contributed by atoms with E-state index in [1.165, 1.54) is 37.2 Å². The Morgan fingerprint density at radius 1 is 1.07 bits per heavy atom. The Bertz CT molecular complexity index is 1500. The van der Waals surface area contributed by atoms with E-state index in [9.17, 15) is 24.3 Å². The summed E-state index contributed by atoms with van der Waals surface area (Å²) in [5.41, 5.74) is -1.50. The maximum absolute atomic E-state index is 14.2. The second-order valence-electron chi connectivity index (χ2n) is 15.6. The van der Waals surface area contributed by atoms with Gasteiger partial charge in [-0.3, -0.25) is 19.2 Å². The zero-order valence-electron chi connectivity index (χ0n) is 34.0. The van der Waals surface area contributed by atoms with E-state index in [4.69, 9.17) is 9.47 Å². The zero-order valence-corrected chi connectivity index (χ0v) is 34.9. The number of nitrogens with zero attached hydrogens (tertiary/aromatic N) is 3. The number of carbonyl (C=O) groups is 4. The van der Waals surface area contributed by atoms with Gasteiger partial charge in [0.15, 0.2) is 0 Å². The van der Waals surface area contributed by atoms with E-state index in [-0.39, 0.29) is 36.2 Å². The van der Waals surface area contributed by atoms with E-state index in [2.05, 4.69) is 20.9 Å². The molecule has 2 aromatic rings. The second-order valence-corrected chi connectivity index (χ2v) is 16.6. The van der Waals surface area contributed by atoms with Crippen molar-refractivity contribution in [3.8, 4) is 0 Å². The molecule has 1 aliphatic heterocycles. The first-order valence-corrected chi connectivity index (χ1v) is 19.9. The molecule has 4 amide bonds. The summed E-state index contributed by atoms with van der Waals surface area (Å²) in [6.45, 7) is 12.7. The number of carbonyl (C=O) groups excluding carboxylic acids is 4. The van der Waals surface area contributed by atoms with Gasteiger partial charge in [0.1, 0.15) is 11.0 Å². The molecule has 0 aliphatic carbocycles. The van der Waals surface area contributed by atoms with Gasteiger partial charge in [-0.1, -0.05) is 57.5 Å². The molecule has 13 nitrogen and oxygen atoms in total. The minimum absolute atomic E-state index is 0.0217. The Hall–Kier alpha value is -3.43. The molecular formula is C40H64N6O7S. The lowest BCUT2D eigenvalue weighted by molar-refractivity contribution is -0.151. The van der Waals surface area contributed by atoms with Gasteiger partial charge in [-0.05, 0) is 65.5 Å². The molecule has 2 heterocycles. The van der Waals surface area contributed by atoms with Crippen LogP contribution >= 0.6 is 11.3 Å². The van der Waals surface area contributed by atoms with Gasteiger partial charge in [0.05, 0.1) is 53.8 Å². The third-order valence-electron chi connectivity index (χ3n) is 11.0.